The molecule has 156 valence electrons. The highest BCUT2D eigenvalue weighted by Crippen LogP contribution is 2.40. The highest BCUT2D eigenvalue weighted by molar-refractivity contribution is 5.55. The lowest BCUT2D eigenvalue weighted by Gasteiger charge is -2.27. The van der Waals surface area contributed by atoms with Crippen LogP contribution in [0.4, 0.5) is 0 Å². The molecule has 4 N–H and O–H groups in total. The van der Waals surface area contributed by atoms with Crippen LogP contribution in [0, 0.1) is 18.3 Å². The van der Waals surface area contributed by atoms with E-state index in [9.17, 15) is 20.3 Å². The Bertz CT molecular complexity index is 1290. The molecule has 31 heavy (non-hydrogen) atoms. The largest absolute Gasteiger partial charge is 0.504 e. The molecule has 2 aromatic carbocycles. The van der Waals surface area contributed by atoms with Crippen molar-refractivity contribution in [1.29, 1.82) is 5.26 Å². The van der Waals surface area contributed by atoms with Gasteiger partial charge < -0.3 is 25.3 Å². The Labute approximate surface area is 178 Å². The van der Waals surface area contributed by atoms with Gasteiger partial charge >= 0.3 is 0 Å². The normalized spacial score (nSPS) is 15.2. The van der Waals surface area contributed by atoms with Crippen molar-refractivity contribution in [1.82, 2.24) is 4.57 Å². The number of nitriles is 1. The summed E-state index contributed by atoms with van der Waals surface area (Å²) in [5, 5.41) is 28.9. The Morgan fingerprint density at radius 1 is 1.13 bits per heavy atom. The van der Waals surface area contributed by atoms with E-state index in [2.05, 4.69) is 6.07 Å². The fraction of sp³-hybridized carbons (Fsp3) is 0.167. The zero-order valence-electron chi connectivity index (χ0n) is 16.9. The van der Waals surface area contributed by atoms with Gasteiger partial charge in [0.15, 0.2) is 11.5 Å². The maximum atomic E-state index is 13.5. The van der Waals surface area contributed by atoms with E-state index in [1.165, 1.54) is 12.1 Å². The van der Waals surface area contributed by atoms with Crippen LogP contribution in [0.2, 0.25) is 0 Å². The topological polar surface area (TPSA) is 122 Å². The molecule has 0 amide bonds. The van der Waals surface area contributed by atoms with E-state index in [1.807, 2.05) is 30.3 Å². The summed E-state index contributed by atoms with van der Waals surface area (Å²) in [4.78, 5) is 13.5. The zero-order chi connectivity index (χ0) is 22.1. The molecule has 0 saturated carbocycles. The summed E-state index contributed by atoms with van der Waals surface area (Å²) < 4.78 is 7.28. The van der Waals surface area contributed by atoms with Crippen LogP contribution in [0.25, 0.3) is 0 Å². The summed E-state index contributed by atoms with van der Waals surface area (Å²) in [6.45, 7) is 2.15. The maximum absolute atomic E-state index is 13.5. The molecule has 0 aliphatic carbocycles. The van der Waals surface area contributed by atoms with Crippen LogP contribution in [-0.2, 0) is 13.0 Å². The first-order chi connectivity index (χ1) is 14.9. The van der Waals surface area contributed by atoms with Crippen LogP contribution < -0.4 is 16.0 Å². The molecule has 0 bridgehead atoms. The fourth-order valence-electron chi connectivity index (χ4n) is 3.91. The minimum atomic E-state index is -0.619. The number of benzene rings is 2. The lowest BCUT2D eigenvalue weighted by molar-refractivity contribution is 0.388. The number of ether oxygens (including phenoxy) is 1. The predicted molar refractivity (Wildman–Crippen MR) is 115 cm³/mol. The average Bonchev–Trinajstić information content (AvgIpc) is 2.75. The van der Waals surface area contributed by atoms with Gasteiger partial charge in [-0.15, -0.1) is 0 Å². The van der Waals surface area contributed by atoms with Crippen LogP contribution in [0.3, 0.4) is 0 Å². The molecule has 7 nitrogen and oxygen atoms in total. The van der Waals surface area contributed by atoms with Crippen LogP contribution in [-0.4, -0.2) is 14.8 Å². The Kier molecular flexibility index (Phi) is 5.14. The van der Waals surface area contributed by atoms with Crippen molar-refractivity contribution in [3.63, 3.8) is 0 Å². The second-order valence-corrected chi connectivity index (χ2v) is 7.43. The molecule has 1 aliphatic heterocycles. The Balaban J connectivity index is 1.79. The molecule has 7 heteroatoms. The lowest BCUT2D eigenvalue weighted by Crippen LogP contribution is -2.33. The number of rotatable bonds is 4. The van der Waals surface area contributed by atoms with Crippen molar-refractivity contribution in [2.75, 3.05) is 0 Å². The van der Waals surface area contributed by atoms with Gasteiger partial charge in [-0.25, -0.2) is 0 Å². The van der Waals surface area contributed by atoms with Gasteiger partial charge in [-0.3, -0.25) is 4.79 Å². The monoisotopic (exact) mass is 415 g/mol. The Morgan fingerprint density at radius 2 is 1.87 bits per heavy atom. The first kappa shape index (κ1) is 20.1. The van der Waals surface area contributed by atoms with E-state index in [-0.39, 0.29) is 28.5 Å². The summed E-state index contributed by atoms with van der Waals surface area (Å²) in [6, 6.07) is 17.7. The second kappa shape index (κ2) is 7.92. The number of aromatic nitrogens is 1. The van der Waals surface area contributed by atoms with Crippen LogP contribution in [0.15, 0.2) is 70.8 Å². The number of hydrogen-bond acceptors (Lipinski definition) is 6. The zero-order valence-corrected chi connectivity index (χ0v) is 16.9. The number of fused-ring (bicyclic) bond motifs is 1. The van der Waals surface area contributed by atoms with Gasteiger partial charge in [0.25, 0.3) is 5.56 Å². The van der Waals surface area contributed by atoms with Gasteiger partial charge in [-0.1, -0.05) is 36.4 Å². The number of nitrogens with two attached hydrogens (primary N) is 1. The SMILES string of the molecule is Cc1cc2c(c(=O)n1CCc1ccc(O)c(O)c1)C(c1ccccc1)C(C#N)=C(N)O2. The molecule has 4 rings (SSSR count). The number of allylic oxidation sites excluding steroid dienone is 1. The third-order valence-electron chi connectivity index (χ3n) is 5.49. The van der Waals surface area contributed by atoms with Gasteiger partial charge in [0.05, 0.1) is 11.5 Å². The van der Waals surface area contributed by atoms with E-state index in [0.29, 0.717) is 30.0 Å². The number of aromatic hydroxyl groups is 2. The minimum Gasteiger partial charge on any atom is -0.504 e. The van der Waals surface area contributed by atoms with Gasteiger partial charge in [0.1, 0.15) is 17.4 Å². The summed E-state index contributed by atoms with van der Waals surface area (Å²) >= 11 is 0. The number of aryl methyl sites for hydroxylation is 2. The standard InChI is InChI=1S/C24H21N3O4/c1-14-11-20-22(21(16-5-3-2-4-6-16)17(13-25)23(26)31-20)24(30)27(14)10-9-15-7-8-18(28)19(29)12-15/h2-8,11-12,21,28-29H,9-10,26H2,1H3. The van der Waals surface area contributed by atoms with Crippen molar-refractivity contribution in [2.45, 2.75) is 25.8 Å². The molecule has 0 spiro atoms. The first-order valence-electron chi connectivity index (χ1n) is 9.78. The number of nitrogens with zero attached hydrogens (tertiary/aromatic N) is 2. The van der Waals surface area contributed by atoms with Gasteiger partial charge in [0, 0.05) is 18.3 Å². The maximum Gasteiger partial charge on any atom is 0.258 e. The van der Waals surface area contributed by atoms with Crippen LogP contribution in [0.5, 0.6) is 17.2 Å². The molecule has 1 atom stereocenters. The van der Waals surface area contributed by atoms with Crippen LogP contribution >= 0.6 is 0 Å². The highest BCUT2D eigenvalue weighted by Gasteiger charge is 2.34. The summed E-state index contributed by atoms with van der Waals surface area (Å²) in [5.74, 6) is -0.663. The molecular weight excluding hydrogens is 394 g/mol. The summed E-state index contributed by atoms with van der Waals surface area (Å²) in [6.07, 6.45) is 0.466. The Morgan fingerprint density at radius 3 is 2.55 bits per heavy atom. The smallest absolute Gasteiger partial charge is 0.258 e. The molecule has 1 aromatic heterocycles. The molecule has 1 aliphatic rings. The van der Waals surface area contributed by atoms with E-state index in [4.69, 9.17) is 10.5 Å². The van der Waals surface area contributed by atoms with E-state index >= 15 is 0 Å². The number of pyridine rings is 1. The minimum absolute atomic E-state index is 0.0000264. The van der Waals surface area contributed by atoms with Crippen LogP contribution in [0.1, 0.15) is 28.3 Å². The molecular formula is C24H21N3O4. The molecule has 0 fully saturated rings. The Hall–Kier alpha value is -4.18. The molecule has 3 aromatic rings. The van der Waals surface area contributed by atoms with Crippen molar-refractivity contribution in [2.24, 2.45) is 5.73 Å². The molecule has 1 unspecified atom stereocenters. The van der Waals surface area contributed by atoms with Crippen molar-refractivity contribution in [3.05, 3.63) is 98.8 Å². The van der Waals surface area contributed by atoms with E-state index in [1.54, 1.807) is 23.6 Å². The number of hydrogen-bond donors (Lipinski definition) is 3. The fourth-order valence-corrected chi connectivity index (χ4v) is 3.91. The molecule has 0 saturated heterocycles. The quantitative estimate of drug-likeness (QED) is 0.563. The van der Waals surface area contributed by atoms with E-state index in [0.717, 1.165) is 11.1 Å². The average molecular weight is 415 g/mol. The number of phenolic OH excluding ortho intramolecular Hbond substituents is 2. The highest BCUT2D eigenvalue weighted by atomic mass is 16.5. The summed E-state index contributed by atoms with van der Waals surface area (Å²) in [5.41, 5.74) is 8.57. The third kappa shape index (κ3) is 3.60. The molecule has 0 radical (unpaired) electrons. The van der Waals surface area contributed by atoms with Gasteiger partial charge in [-0.2, -0.15) is 5.26 Å². The van der Waals surface area contributed by atoms with Crippen molar-refractivity contribution >= 4 is 0 Å². The second-order valence-electron chi connectivity index (χ2n) is 7.43. The predicted octanol–water partition coefficient (Wildman–Crippen LogP) is 3.03. The molecule has 2 heterocycles. The third-order valence-corrected chi connectivity index (χ3v) is 5.49. The van der Waals surface area contributed by atoms with Crippen molar-refractivity contribution in [3.8, 4) is 23.3 Å². The van der Waals surface area contributed by atoms with E-state index < -0.39 is 5.92 Å². The van der Waals surface area contributed by atoms with Crippen molar-refractivity contribution < 1.29 is 14.9 Å². The lowest BCUT2D eigenvalue weighted by atomic mass is 9.84. The van der Waals surface area contributed by atoms with Gasteiger partial charge in [-0.05, 0) is 36.6 Å². The first-order valence-corrected chi connectivity index (χ1v) is 9.78. The number of phenols is 2. The summed E-state index contributed by atoms with van der Waals surface area (Å²) in [7, 11) is 0. The van der Waals surface area contributed by atoms with Gasteiger partial charge in [0.2, 0.25) is 5.88 Å².